The number of hydrogen-bond acceptors (Lipinski definition) is 3. The van der Waals surface area contributed by atoms with Crippen molar-refractivity contribution in [1.82, 2.24) is 10.6 Å². The van der Waals surface area contributed by atoms with Crippen LogP contribution in [-0.4, -0.2) is 19.0 Å². The smallest absolute Gasteiger partial charge is 0.319 e. The largest absolute Gasteiger partial charge is 0.459 e. The molecule has 1 unspecified atom stereocenters. The number of aryl methyl sites for hydroxylation is 1. The number of fused-ring (bicyclic) bond motifs is 1. The number of amides is 3. The number of halogens is 1. The number of anilines is 1. The molecule has 0 spiro atoms. The maximum absolute atomic E-state index is 13.6. The zero-order chi connectivity index (χ0) is 21.1. The van der Waals surface area contributed by atoms with Gasteiger partial charge in [0.05, 0.1) is 6.04 Å². The molecule has 1 aromatic heterocycles. The second kappa shape index (κ2) is 8.34. The Kier molecular flexibility index (Phi) is 5.87. The summed E-state index contributed by atoms with van der Waals surface area (Å²) in [5, 5.41) is 8.90. The van der Waals surface area contributed by atoms with Gasteiger partial charge in [-0.1, -0.05) is 19.9 Å². The highest BCUT2D eigenvalue weighted by atomic mass is 19.1. The van der Waals surface area contributed by atoms with E-state index < -0.39 is 12.1 Å². The van der Waals surface area contributed by atoms with Crippen LogP contribution in [0.15, 0.2) is 46.9 Å². The number of rotatable bonds is 5. The third-order valence-corrected chi connectivity index (χ3v) is 4.78. The van der Waals surface area contributed by atoms with E-state index in [9.17, 15) is 14.0 Å². The van der Waals surface area contributed by atoms with E-state index in [4.69, 9.17) is 4.42 Å². The number of carbonyl (C=O) groups excluding carboxylic acids is 2. The predicted molar refractivity (Wildman–Crippen MR) is 110 cm³/mol. The molecular formula is C22H24FN3O3. The first-order valence-corrected chi connectivity index (χ1v) is 9.38. The molecule has 0 fully saturated rings. The Bertz CT molecular complexity index is 1060. The van der Waals surface area contributed by atoms with Gasteiger partial charge in [0.1, 0.15) is 17.2 Å². The van der Waals surface area contributed by atoms with Crippen molar-refractivity contribution in [2.24, 2.45) is 5.92 Å². The molecule has 0 aliphatic heterocycles. The van der Waals surface area contributed by atoms with Crippen LogP contribution < -0.4 is 16.0 Å². The summed E-state index contributed by atoms with van der Waals surface area (Å²) in [5.41, 5.74) is 2.31. The molecule has 0 saturated heterocycles. The minimum Gasteiger partial charge on any atom is -0.459 e. The van der Waals surface area contributed by atoms with Crippen LogP contribution >= 0.6 is 0 Å². The van der Waals surface area contributed by atoms with Gasteiger partial charge in [-0.3, -0.25) is 4.79 Å². The van der Waals surface area contributed by atoms with Crippen molar-refractivity contribution < 1.29 is 18.4 Å². The maximum Gasteiger partial charge on any atom is 0.319 e. The second-order valence-corrected chi connectivity index (χ2v) is 7.21. The maximum atomic E-state index is 13.6. The van der Waals surface area contributed by atoms with Crippen molar-refractivity contribution in [3.8, 4) is 0 Å². The lowest BCUT2D eigenvalue weighted by atomic mass is 9.98. The molecule has 6 nitrogen and oxygen atoms in total. The number of furan rings is 1. The minimum atomic E-state index is -0.427. The van der Waals surface area contributed by atoms with Crippen LogP contribution in [0.25, 0.3) is 11.0 Å². The normalized spacial score (nSPS) is 12.1. The fourth-order valence-electron chi connectivity index (χ4n) is 3.23. The van der Waals surface area contributed by atoms with Crippen LogP contribution in [0.1, 0.15) is 41.6 Å². The van der Waals surface area contributed by atoms with E-state index in [0.717, 1.165) is 5.56 Å². The first-order chi connectivity index (χ1) is 13.8. The van der Waals surface area contributed by atoms with Crippen molar-refractivity contribution in [3.63, 3.8) is 0 Å². The van der Waals surface area contributed by atoms with Gasteiger partial charge in [0.15, 0.2) is 0 Å². The molecule has 0 radical (unpaired) electrons. The Morgan fingerprint density at radius 2 is 1.86 bits per heavy atom. The molecule has 2 aromatic carbocycles. The monoisotopic (exact) mass is 397 g/mol. The highest BCUT2D eigenvalue weighted by molar-refractivity contribution is 5.96. The Morgan fingerprint density at radius 3 is 2.55 bits per heavy atom. The Hall–Kier alpha value is -3.35. The van der Waals surface area contributed by atoms with Crippen molar-refractivity contribution in [2.75, 3.05) is 12.4 Å². The van der Waals surface area contributed by atoms with Crippen LogP contribution in [0.3, 0.4) is 0 Å². The quantitative estimate of drug-likeness (QED) is 0.580. The van der Waals surface area contributed by atoms with Crippen LogP contribution in [0.5, 0.6) is 0 Å². The summed E-state index contributed by atoms with van der Waals surface area (Å²) >= 11 is 0. The molecule has 3 aromatic rings. The molecule has 0 aliphatic rings. The molecule has 152 valence electrons. The first-order valence-electron chi connectivity index (χ1n) is 9.38. The van der Waals surface area contributed by atoms with Crippen LogP contribution in [-0.2, 0) is 0 Å². The highest BCUT2D eigenvalue weighted by Crippen LogP contribution is 2.33. The summed E-state index contributed by atoms with van der Waals surface area (Å²) in [5.74, 6) is 0.0481. The van der Waals surface area contributed by atoms with E-state index in [-0.39, 0.29) is 17.6 Å². The van der Waals surface area contributed by atoms with Gasteiger partial charge in [0, 0.05) is 29.2 Å². The molecule has 3 amide bonds. The molecular weight excluding hydrogens is 373 g/mol. The van der Waals surface area contributed by atoms with E-state index in [1.54, 1.807) is 37.4 Å². The fraction of sp³-hybridized carbons (Fsp3) is 0.273. The van der Waals surface area contributed by atoms with Gasteiger partial charge in [-0.05, 0) is 49.2 Å². The van der Waals surface area contributed by atoms with Crippen molar-refractivity contribution in [3.05, 3.63) is 65.2 Å². The number of hydrogen-bond donors (Lipinski definition) is 3. The summed E-state index contributed by atoms with van der Waals surface area (Å²) in [7, 11) is 1.55. The van der Waals surface area contributed by atoms with Gasteiger partial charge in [-0.15, -0.1) is 0 Å². The van der Waals surface area contributed by atoms with Gasteiger partial charge < -0.3 is 20.4 Å². The second-order valence-electron chi connectivity index (χ2n) is 7.21. The molecule has 3 rings (SSSR count). The highest BCUT2D eigenvalue weighted by Gasteiger charge is 2.25. The zero-order valence-electron chi connectivity index (χ0n) is 16.8. The molecule has 3 N–H and O–H groups in total. The Balaban J connectivity index is 1.82. The Morgan fingerprint density at radius 1 is 1.10 bits per heavy atom. The minimum absolute atomic E-state index is 0.0297. The molecule has 1 atom stereocenters. The zero-order valence-corrected chi connectivity index (χ0v) is 16.8. The van der Waals surface area contributed by atoms with Gasteiger partial charge >= 0.3 is 6.03 Å². The lowest BCUT2D eigenvalue weighted by molar-refractivity contribution is 0.0963. The van der Waals surface area contributed by atoms with E-state index in [1.807, 2.05) is 20.8 Å². The standard InChI is InChI=1S/C22H24FN3O3/c1-12(2)19(20-13(3)17-11-15(23)8-9-18(17)29-20)26-22(28)25-16-7-5-6-14(10-16)21(27)24-4/h5-12,19H,1-4H3,(H,24,27)(H2,25,26,28). The summed E-state index contributed by atoms with van der Waals surface area (Å²) in [6.45, 7) is 5.77. The number of nitrogens with one attached hydrogen (secondary N) is 3. The number of carbonyl (C=O) groups is 2. The van der Waals surface area contributed by atoms with Crippen LogP contribution in [0.2, 0.25) is 0 Å². The molecule has 0 aliphatic carbocycles. The van der Waals surface area contributed by atoms with Crippen molar-refractivity contribution in [1.29, 1.82) is 0 Å². The summed E-state index contributed by atoms with van der Waals surface area (Å²) in [4.78, 5) is 24.4. The van der Waals surface area contributed by atoms with E-state index in [2.05, 4.69) is 16.0 Å². The van der Waals surface area contributed by atoms with Crippen LogP contribution in [0, 0.1) is 18.7 Å². The van der Waals surface area contributed by atoms with Gasteiger partial charge in [-0.2, -0.15) is 0 Å². The first kappa shape index (κ1) is 20.4. The van der Waals surface area contributed by atoms with Gasteiger partial charge in [0.2, 0.25) is 0 Å². The lowest BCUT2D eigenvalue weighted by Crippen LogP contribution is -2.35. The van der Waals surface area contributed by atoms with Gasteiger partial charge in [-0.25, -0.2) is 9.18 Å². The van der Waals surface area contributed by atoms with E-state index in [1.165, 1.54) is 12.1 Å². The number of urea groups is 1. The van der Waals surface area contributed by atoms with E-state index >= 15 is 0 Å². The predicted octanol–water partition coefficient (Wildman–Crippen LogP) is 4.76. The summed E-state index contributed by atoms with van der Waals surface area (Å²) in [6.07, 6.45) is 0. The molecule has 29 heavy (non-hydrogen) atoms. The Labute approximate surface area is 168 Å². The number of benzene rings is 2. The van der Waals surface area contributed by atoms with Gasteiger partial charge in [0.25, 0.3) is 5.91 Å². The molecule has 7 heteroatoms. The topological polar surface area (TPSA) is 83.4 Å². The summed E-state index contributed by atoms with van der Waals surface area (Å²) < 4.78 is 19.5. The fourth-order valence-corrected chi connectivity index (χ4v) is 3.23. The average molecular weight is 397 g/mol. The molecule has 0 saturated carbocycles. The third kappa shape index (κ3) is 4.39. The van der Waals surface area contributed by atoms with Crippen molar-refractivity contribution in [2.45, 2.75) is 26.8 Å². The SMILES string of the molecule is CNC(=O)c1cccc(NC(=O)NC(c2oc3ccc(F)cc3c2C)C(C)C)c1. The lowest BCUT2D eigenvalue weighted by Gasteiger charge is -2.21. The third-order valence-electron chi connectivity index (χ3n) is 4.78. The average Bonchev–Trinajstić information content (AvgIpc) is 3.01. The van der Waals surface area contributed by atoms with Crippen LogP contribution in [0.4, 0.5) is 14.9 Å². The summed E-state index contributed by atoms with van der Waals surface area (Å²) in [6, 6.07) is 10.2. The van der Waals surface area contributed by atoms with Crippen molar-refractivity contribution >= 4 is 28.6 Å². The van der Waals surface area contributed by atoms with E-state index in [0.29, 0.717) is 28.0 Å². The molecule has 1 heterocycles. The molecule has 0 bridgehead atoms.